The van der Waals surface area contributed by atoms with Gasteiger partial charge in [-0.05, 0) is 31.0 Å². The molecule has 0 saturated carbocycles. The van der Waals surface area contributed by atoms with Crippen LogP contribution in [0.3, 0.4) is 0 Å². The number of nitrogens with one attached hydrogen (secondary N) is 1. The Balaban J connectivity index is 2.67. The number of benzene rings is 1. The van der Waals surface area contributed by atoms with Gasteiger partial charge in [-0.2, -0.15) is 0 Å². The lowest BCUT2D eigenvalue weighted by Gasteiger charge is -2.25. The molecule has 0 aliphatic rings. The maximum absolute atomic E-state index is 13.6. The Morgan fingerprint density at radius 3 is 2.58 bits per heavy atom. The van der Waals surface area contributed by atoms with Gasteiger partial charge in [0.05, 0.1) is 5.60 Å². The molecule has 19 heavy (non-hydrogen) atoms. The molecule has 1 aromatic rings. The van der Waals surface area contributed by atoms with Crippen LogP contribution in [0.25, 0.3) is 0 Å². The number of carbonyl (C=O) groups is 1. The van der Waals surface area contributed by atoms with Crippen molar-refractivity contribution in [2.24, 2.45) is 5.73 Å². The van der Waals surface area contributed by atoms with Gasteiger partial charge in [-0.3, -0.25) is 4.79 Å². The molecule has 0 spiro atoms. The van der Waals surface area contributed by atoms with Crippen LogP contribution < -0.4 is 11.1 Å². The van der Waals surface area contributed by atoms with E-state index in [9.17, 15) is 14.3 Å². The van der Waals surface area contributed by atoms with Gasteiger partial charge in [0.15, 0.2) is 0 Å². The highest BCUT2D eigenvalue weighted by Gasteiger charge is 2.21. The molecular weight excluding hydrogens is 247 g/mol. The van der Waals surface area contributed by atoms with Crippen molar-refractivity contribution in [3.05, 3.63) is 35.1 Å². The maximum atomic E-state index is 13.6. The van der Waals surface area contributed by atoms with E-state index in [0.29, 0.717) is 24.9 Å². The lowest BCUT2D eigenvalue weighted by Crippen LogP contribution is -2.39. The summed E-state index contributed by atoms with van der Waals surface area (Å²) in [5.74, 6) is -0.978. The maximum Gasteiger partial charge on any atom is 0.248 e. The molecule has 1 aromatic carbocycles. The quantitative estimate of drug-likeness (QED) is 0.702. The van der Waals surface area contributed by atoms with Crippen LogP contribution in [0.4, 0.5) is 4.39 Å². The predicted molar refractivity (Wildman–Crippen MR) is 72.2 cm³/mol. The summed E-state index contributed by atoms with van der Waals surface area (Å²) < 4.78 is 13.6. The highest BCUT2D eigenvalue weighted by molar-refractivity contribution is 5.92. The predicted octanol–water partition coefficient (Wildman–Crippen LogP) is 1.57. The first-order chi connectivity index (χ1) is 8.91. The van der Waals surface area contributed by atoms with E-state index in [0.717, 1.165) is 0 Å². The van der Waals surface area contributed by atoms with Crippen molar-refractivity contribution in [1.82, 2.24) is 5.32 Å². The molecule has 4 nitrogen and oxygen atoms in total. The summed E-state index contributed by atoms with van der Waals surface area (Å²) in [4.78, 5) is 11.0. The number of halogens is 1. The van der Waals surface area contributed by atoms with Crippen molar-refractivity contribution >= 4 is 5.91 Å². The number of nitrogens with two attached hydrogens (primary N) is 1. The van der Waals surface area contributed by atoms with E-state index >= 15 is 0 Å². The second kappa shape index (κ2) is 6.63. The third kappa shape index (κ3) is 4.29. The number of primary amides is 1. The summed E-state index contributed by atoms with van der Waals surface area (Å²) in [5.41, 5.74) is 5.02. The second-order valence-corrected chi connectivity index (χ2v) is 4.71. The molecule has 106 valence electrons. The van der Waals surface area contributed by atoms with Crippen molar-refractivity contribution in [2.45, 2.75) is 38.8 Å². The lowest BCUT2D eigenvalue weighted by molar-refractivity contribution is 0.0322. The molecule has 0 fully saturated rings. The van der Waals surface area contributed by atoms with Gasteiger partial charge in [-0.15, -0.1) is 0 Å². The van der Waals surface area contributed by atoms with Crippen molar-refractivity contribution in [3.8, 4) is 0 Å². The summed E-state index contributed by atoms with van der Waals surface area (Å²) in [6, 6.07) is 4.01. The summed E-state index contributed by atoms with van der Waals surface area (Å²) in [6.07, 6.45) is 1.25. The summed E-state index contributed by atoms with van der Waals surface area (Å²) >= 11 is 0. The van der Waals surface area contributed by atoms with E-state index < -0.39 is 17.3 Å². The molecular formula is C14H21FN2O2. The topological polar surface area (TPSA) is 75.3 Å². The van der Waals surface area contributed by atoms with Gasteiger partial charge in [-0.1, -0.05) is 13.8 Å². The van der Waals surface area contributed by atoms with Crippen LogP contribution in [0.2, 0.25) is 0 Å². The smallest absolute Gasteiger partial charge is 0.248 e. The number of carbonyl (C=O) groups excluding carboxylic acids is 1. The van der Waals surface area contributed by atoms with E-state index in [2.05, 4.69) is 5.32 Å². The standard InChI is InChI=1S/C14H21FN2O2/c1-3-14(19,4-2)9-17-8-11-7-10(13(16)18)5-6-12(11)15/h5-7,17,19H,3-4,8-9H2,1-2H3,(H2,16,18). The molecule has 0 aliphatic carbocycles. The zero-order valence-electron chi connectivity index (χ0n) is 11.4. The van der Waals surface area contributed by atoms with Gasteiger partial charge in [0, 0.05) is 24.2 Å². The van der Waals surface area contributed by atoms with Crippen LogP contribution in [-0.2, 0) is 6.54 Å². The summed E-state index contributed by atoms with van der Waals surface area (Å²) in [7, 11) is 0. The lowest BCUT2D eigenvalue weighted by atomic mass is 9.97. The fraction of sp³-hybridized carbons (Fsp3) is 0.500. The van der Waals surface area contributed by atoms with Gasteiger partial charge >= 0.3 is 0 Å². The number of aliphatic hydroxyl groups is 1. The first kappa shape index (κ1) is 15.6. The fourth-order valence-electron chi connectivity index (χ4n) is 1.79. The normalized spacial score (nSPS) is 11.6. The molecule has 0 aromatic heterocycles. The monoisotopic (exact) mass is 268 g/mol. The van der Waals surface area contributed by atoms with Gasteiger partial charge < -0.3 is 16.2 Å². The molecule has 0 unspecified atom stereocenters. The Morgan fingerprint density at radius 2 is 2.05 bits per heavy atom. The van der Waals surface area contributed by atoms with Crippen LogP contribution >= 0.6 is 0 Å². The zero-order valence-corrected chi connectivity index (χ0v) is 11.4. The summed E-state index contributed by atoms with van der Waals surface area (Å²) in [5, 5.41) is 13.1. The van der Waals surface area contributed by atoms with Crippen LogP contribution in [0.5, 0.6) is 0 Å². The summed E-state index contributed by atoms with van der Waals surface area (Å²) in [6.45, 7) is 4.43. The Bertz CT molecular complexity index is 445. The average molecular weight is 268 g/mol. The van der Waals surface area contributed by atoms with Crippen LogP contribution in [-0.4, -0.2) is 23.2 Å². The van der Waals surface area contributed by atoms with Crippen LogP contribution in [0.15, 0.2) is 18.2 Å². The molecule has 5 heteroatoms. The molecule has 0 aliphatic heterocycles. The second-order valence-electron chi connectivity index (χ2n) is 4.71. The molecule has 4 N–H and O–H groups in total. The van der Waals surface area contributed by atoms with Crippen molar-refractivity contribution in [3.63, 3.8) is 0 Å². The average Bonchev–Trinajstić information content (AvgIpc) is 2.40. The minimum absolute atomic E-state index is 0.245. The molecule has 1 rings (SSSR count). The first-order valence-electron chi connectivity index (χ1n) is 6.43. The third-order valence-corrected chi connectivity index (χ3v) is 3.42. The van der Waals surface area contributed by atoms with E-state index in [1.54, 1.807) is 0 Å². The molecule has 0 radical (unpaired) electrons. The fourth-order valence-corrected chi connectivity index (χ4v) is 1.79. The minimum Gasteiger partial charge on any atom is -0.389 e. The van der Waals surface area contributed by atoms with Crippen molar-refractivity contribution in [2.75, 3.05) is 6.54 Å². The zero-order chi connectivity index (χ0) is 14.5. The van der Waals surface area contributed by atoms with Gasteiger partial charge in [0.1, 0.15) is 5.82 Å². The highest BCUT2D eigenvalue weighted by atomic mass is 19.1. The molecule has 0 saturated heterocycles. The van der Waals surface area contributed by atoms with Gasteiger partial charge in [0.25, 0.3) is 0 Å². The molecule has 0 bridgehead atoms. The van der Waals surface area contributed by atoms with Gasteiger partial charge in [-0.25, -0.2) is 4.39 Å². The number of amides is 1. The largest absolute Gasteiger partial charge is 0.389 e. The minimum atomic E-state index is -0.780. The molecule has 0 heterocycles. The Hall–Kier alpha value is -1.46. The SMILES string of the molecule is CCC(O)(CC)CNCc1cc(C(N)=O)ccc1F. The van der Waals surface area contributed by atoms with E-state index in [4.69, 9.17) is 5.73 Å². The number of rotatable bonds is 7. The third-order valence-electron chi connectivity index (χ3n) is 3.42. The Labute approximate surface area is 112 Å². The molecule has 0 atom stereocenters. The van der Waals surface area contributed by atoms with Crippen molar-refractivity contribution < 1.29 is 14.3 Å². The number of hydrogen-bond donors (Lipinski definition) is 3. The van der Waals surface area contributed by atoms with E-state index in [-0.39, 0.29) is 12.1 Å². The first-order valence-corrected chi connectivity index (χ1v) is 6.43. The van der Waals surface area contributed by atoms with E-state index in [1.165, 1.54) is 18.2 Å². The van der Waals surface area contributed by atoms with Crippen molar-refractivity contribution in [1.29, 1.82) is 0 Å². The molecule has 1 amide bonds. The van der Waals surface area contributed by atoms with Gasteiger partial charge in [0.2, 0.25) is 5.91 Å². The highest BCUT2D eigenvalue weighted by Crippen LogP contribution is 2.14. The number of hydrogen-bond acceptors (Lipinski definition) is 3. The Morgan fingerprint density at radius 1 is 1.42 bits per heavy atom. The van der Waals surface area contributed by atoms with Crippen LogP contribution in [0.1, 0.15) is 42.6 Å². The van der Waals surface area contributed by atoms with Crippen LogP contribution in [0, 0.1) is 5.82 Å². The van der Waals surface area contributed by atoms with E-state index in [1.807, 2.05) is 13.8 Å². The Kier molecular flexibility index (Phi) is 5.44.